The van der Waals surface area contributed by atoms with Crippen molar-refractivity contribution in [2.24, 2.45) is 0 Å². The lowest BCUT2D eigenvalue weighted by Crippen LogP contribution is -2.40. The Balaban J connectivity index is 1.80. The molecular formula is C21H27N3O2. The summed E-state index contributed by atoms with van der Waals surface area (Å²) in [6.07, 6.45) is 9.35. The van der Waals surface area contributed by atoms with Gasteiger partial charge >= 0.3 is 0 Å². The van der Waals surface area contributed by atoms with Crippen LogP contribution in [-0.4, -0.2) is 28.3 Å². The van der Waals surface area contributed by atoms with Gasteiger partial charge in [-0.25, -0.2) is 0 Å². The number of benzene rings is 1. The van der Waals surface area contributed by atoms with E-state index < -0.39 is 0 Å². The molecule has 1 aliphatic heterocycles. The summed E-state index contributed by atoms with van der Waals surface area (Å²) in [5.74, 6) is 1.02. The molecule has 2 aliphatic rings. The summed E-state index contributed by atoms with van der Waals surface area (Å²) in [6.45, 7) is 6.55. The molecule has 2 heterocycles. The van der Waals surface area contributed by atoms with Gasteiger partial charge < -0.3 is 9.64 Å². The van der Waals surface area contributed by atoms with E-state index in [0.717, 1.165) is 47.4 Å². The van der Waals surface area contributed by atoms with Crippen molar-refractivity contribution in [1.29, 1.82) is 0 Å². The fourth-order valence-electron chi connectivity index (χ4n) is 3.90. The van der Waals surface area contributed by atoms with Gasteiger partial charge in [0.2, 0.25) is 5.91 Å². The Morgan fingerprint density at radius 2 is 2.12 bits per heavy atom. The van der Waals surface area contributed by atoms with Crippen LogP contribution in [0.15, 0.2) is 24.5 Å². The molecule has 26 heavy (non-hydrogen) atoms. The molecule has 0 spiro atoms. The Labute approximate surface area is 154 Å². The van der Waals surface area contributed by atoms with Crippen molar-refractivity contribution in [2.45, 2.75) is 65.0 Å². The number of fused-ring (bicyclic) bond motifs is 1. The Kier molecular flexibility index (Phi) is 4.47. The third-order valence-corrected chi connectivity index (χ3v) is 5.37. The number of amides is 1. The van der Waals surface area contributed by atoms with Crippen LogP contribution in [-0.2, 0) is 11.2 Å². The molecule has 5 nitrogen and oxygen atoms in total. The van der Waals surface area contributed by atoms with E-state index in [0.29, 0.717) is 12.6 Å². The number of ether oxygens (including phenoxy) is 1. The zero-order valence-electron chi connectivity index (χ0n) is 15.9. The summed E-state index contributed by atoms with van der Waals surface area (Å²) in [5, 5.41) is 4.54. The minimum Gasteiger partial charge on any atom is -0.493 e. The fourth-order valence-corrected chi connectivity index (χ4v) is 3.90. The lowest BCUT2D eigenvalue weighted by Gasteiger charge is -2.36. The SMILES string of the molecule is CCCOc1c(-c2cnn(C3CC3)c2)ccc2c1CC[C@H](C)N2C(C)=O. The van der Waals surface area contributed by atoms with Gasteiger partial charge in [-0.1, -0.05) is 6.92 Å². The lowest BCUT2D eigenvalue weighted by atomic mass is 9.92. The highest BCUT2D eigenvalue weighted by atomic mass is 16.5. The molecule has 0 bridgehead atoms. The number of nitrogens with zero attached hydrogens (tertiary/aromatic N) is 3. The molecule has 4 rings (SSSR count). The highest BCUT2D eigenvalue weighted by Gasteiger charge is 2.30. The highest BCUT2D eigenvalue weighted by molar-refractivity contribution is 5.95. The Hall–Kier alpha value is -2.30. The third kappa shape index (κ3) is 3.00. The van der Waals surface area contributed by atoms with Gasteiger partial charge in [-0.15, -0.1) is 0 Å². The van der Waals surface area contributed by atoms with Crippen molar-refractivity contribution >= 4 is 11.6 Å². The van der Waals surface area contributed by atoms with Gasteiger partial charge in [0.15, 0.2) is 0 Å². The van der Waals surface area contributed by atoms with Crippen LogP contribution in [0.4, 0.5) is 5.69 Å². The summed E-state index contributed by atoms with van der Waals surface area (Å²) >= 11 is 0. The van der Waals surface area contributed by atoms with Crippen LogP contribution in [0.3, 0.4) is 0 Å². The Bertz CT molecular complexity index is 823. The van der Waals surface area contributed by atoms with Crippen molar-refractivity contribution in [3.05, 3.63) is 30.1 Å². The number of hydrogen-bond acceptors (Lipinski definition) is 3. The third-order valence-electron chi connectivity index (χ3n) is 5.37. The Morgan fingerprint density at radius 1 is 1.31 bits per heavy atom. The molecule has 5 heteroatoms. The number of aromatic nitrogens is 2. The van der Waals surface area contributed by atoms with Crippen molar-refractivity contribution < 1.29 is 9.53 Å². The van der Waals surface area contributed by atoms with E-state index in [4.69, 9.17) is 4.74 Å². The minimum absolute atomic E-state index is 0.0918. The maximum Gasteiger partial charge on any atom is 0.224 e. The first-order valence-electron chi connectivity index (χ1n) is 9.73. The molecule has 138 valence electrons. The van der Waals surface area contributed by atoms with E-state index in [-0.39, 0.29) is 11.9 Å². The summed E-state index contributed by atoms with van der Waals surface area (Å²) in [5.41, 5.74) is 4.34. The van der Waals surface area contributed by atoms with Gasteiger partial charge in [-0.3, -0.25) is 9.48 Å². The van der Waals surface area contributed by atoms with Gasteiger partial charge in [0.25, 0.3) is 0 Å². The maximum absolute atomic E-state index is 12.2. The van der Waals surface area contributed by atoms with Crippen LogP contribution in [0.2, 0.25) is 0 Å². The monoisotopic (exact) mass is 353 g/mol. The second-order valence-corrected chi connectivity index (χ2v) is 7.51. The summed E-state index contributed by atoms with van der Waals surface area (Å²) in [7, 11) is 0. The molecular weight excluding hydrogens is 326 g/mol. The summed E-state index contributed by atoms with van der Waals surface area (Å²) < 4.78 is 8.28. The highest BCUT2D eigenvalue weighted by Crippen LogP contribution is 2.43. The number of hydrogen-bond donors (Lipinski definition) is 0. The van der Waals surface area contributed by atoms with E-state index in [1.165, 1.54) is 12.8 Å². The molecule has 1 fully saturated rings. The molecule has 1 aliphatic carbocycles. The predicted octanol–water partition coefficient (Wildman–Crippen LogP) is 4.36. The van der Waals surface area contributed by atoms with Crippen molar-refractivity contribution in [3.8, 4) is 16.9 Å². The number of carbonyl (C=O) groups is 1. The Morgan fingerprint density at radius 3 is 2.81 bits per heavy atom. The van der Waals surface area contributed by atoms with Gasteiger partial charge in [-0.2, -0.15) is 5.10 Å². The molecule has 1 aromatic heterocycles. The van der Waals surface area contributed by atoms with Gasteiger partial charge in [0, 0.05) is 35.9 Å². The predicted molar refractivity (Wildman–Crippen MR) is 103 cm³/mol. The molecule has 1 amide bonds. The van der Waals surface area contributed by atoms with Crippen LogP contribution >= 0.6 is 0 Å². The van der Waals surface area contributed by atoms with Crippen molar-refractivity contribution in [1.82, 2.24) is 9.78 Å². The van der Waals surface area contributed by atoms with Gasteiger partial charge in [-0.05, 0) is 51.2 Å². The summed E-state index contributed by atoms with van der Waals surface area (Å²) in [6, 6.07) is 4.96. The molecule has 0 saturated heterocycles. The number of anilines is 1. The first-order valence-corrected chi connectivity index (χ1v) is 9.73. The van der Waals surface area contributed by atoms with E-state index in [9.17, 15) is 4.79 Å². The van der Waals surface area contributed by atoms with E-state index in [1.807, 2.05) is 11.1 Å². The fraction of sp³-hybridized carbons (Fsp3) is 0.524. The zero-order chi connectivity index (χ0) is 18.3. The van der Waals surface area contributed by atoms with Crippen LogP contribution in [0.25, 0.3) is 11.1 Å². The average molecular weight is 353 g/mol. The molecule has 0 radical (unpaired) electrons. The molecule has 1 atom stereocenters. The largest absolute Gasteiger partial charge is 0.493 e. The quantitative estimate of drug-likeness (QED) is 0.802. The summed E-state index contributed by atoms with van der Waals surface area (Å²) in [4.78, 5) is 14.1. The smallest absolute Gasteiger partial charge is 0.224 e. The van der Waals surface area contributed by atoms with Crippen LogP contribution in [0.5, 0.6) is 5.75 Å². The molecule has 0 unspecified atom stereocenters. The second kappa shape index (κ2) is 6.78. The maximum atomic E-state index is 12.2. The van der Waals surface area contributed by atoms with Crippen LogP contribution < -0.4 is 9.64 Å². The van der Waals surface area contributed by atoms with Gasteiger partial charge in [0.1, 0.15) is 5.75 Å². The van der Waals surface area contributed by atoms with Crippen molar-refractivity contribution in [2.75, 3.05) is 11.5 Å². The van der Waals surface area contributed by atoms with Crippen LogP contribution in [0, 0.1) is 0 Å². The normalized spacial score (nSPS) is 19.3. The second-order valence-electron chi connectivity index (χ2n) is 7.51. The molecule has 2 aromatic rings. The first-order chi connectivity index (χ1) is 12.6. The number of carbonyl (C=O) groups excluding carboxylic acids is 1. The average Bonchev–Trinajstić information content (AvgIpc) is 3.36. The molecule has 1 saturated carbocycles. The van der Waals surface area contributed by atoms with Crippen LogP contribution in [0.1, 0.15) is 58.1 Å². The minimum atomic E-state index is 0.0918. The van der Waals surface area contributed by atoms with E-state index in [1.54, 1.807) is 6.92 Å². The number of rotatable bonds is 5. The van der Waals surface area contributed by atoms with E-state index >= 15 is 0 Å². The molecule has 0 N–H and O–H groups in total. The first kappa shape index (κ1) is 17.1. The topological polar surface area (TPSA) is 47.4 Å². The lowest BCUT2D eigenvalue weighted by molar-refractivity contribution is -0.117. The van der Waals surface area contributed by atoms with Gasteiger partial charge in [0.05, 0.1) is 24.5 Å². The van der Waals surface area contributed by atoms with E-state index in [2.05, 4.69) is 42.0 Å². The molecule has 1 aromatic carbocycles. The van der Waals surface area contributed by atoms with Crippen molar-refractivity contribution in [3.63, 3.8) is 0 Å². The zero-order valence-corrected chi connectivity index (χ0v) is 15.9. The standard InChI is InChI=1S/C21H27N3O2/c1-4-11-26-21-18(16-12-22-23(13-16)17-6-7-17)9-10-20-19(21)8-5-14(2)24(20)15(3)25/h9-10,12-14,17H,4-8,11H2,1-3H3/t14-/m0/s1.